The normalized spacial score (nSPS) is 11.4. The Bertz CT molecular complexity index is 1110. The molecule has 0 fully saturated rings. The molecule has 0 spiro atoms. The maximum absolute atomic E-state index is 13.5. The van der Waals surface area contributed by atoms with Crippen LogP contribution in [0.25, 0.3) is 5.69 Å². The van der Waals surface area contributed by atoms with Crippen LogP contribution in [0.3, 0.4) is 0 Å². The minimum atomic E-state index is -0.518. The molecule has 3 aromatic rings. The van der Waals surface area contributed by atoms with E-state index in [0.29, 0.717) is 27.7 Å². The predicted molar refractivity (Wildman–Crippen MR) is 109 cm³/mol. The summed E-state index contributed by atoms with van der Waals surface area (Å²) in [7, 11) is 4.42. The van der Waals surface area contributed by atoms with Crippen LogP contribution >= 0.6 is 22.9 Å². The minimum Gasteiger partial charge on any atom is -0.493 e. The fraction of sp³-hybridized carbons (Fsp3) is 0.200. The van der Waals surface area contributed by atoms with Gasteiger partial charge >= 0.3 is 0 Å². The van der Waals surface area contributed by atoms with Gasteiger partial charge in [0.05, 0.1) is 26.4 Å². The molecular formula is C20H18ClFN2O4S. The second kappa shape index (κ2) is 8.67. The molecule has 1 amide bonds. The first-order valence-corrected chi connectivity index (χ1v) is 9.67. The molecule has 0 saturated heterocycles. The molecule has 0 saturated carbocycles. The van der Waals surface area contributed by atoms with Crippen LogP contribution in [-0.4, -0.2) is 31.8 Å². The number of benzene rings is 2. The maximum Gasteiger partial charge on any atom is 0.279 e. The van der Waals surface area contributed by atoms with Crippen LogP contribution in [0.5, 0.6) is 17.2 Å². The number of aryl methyl sites for hydroxylation is 1. The first kappa shape index (κ1) is 20.9. The first-order chi connectivity index (χ1) is 13.9. The number of amides is 1. The number of aromatic nitrogens is 1. The molecule has 0 N–H and O–H groups in total. The second-order valence-electron chi connectivity index (χ2n) is 5.92. The lowest BCUT2D eigenvalue weighted by atomic mass is 10.1. The number of nitrogens with zero attached hydrogens (tertiary/aromatic N) is 2. The van der Waals surface area contributed by atoms with Crippen LogP contribution in [0.4, 0.5) is 4.39 Å². The molecule has 0 aliphatic carbocycles. The van der Waals surface area contributed by atoms with Gasteiger partial charge in [0.25, 0.3) is 5.91 Å². The summed E-state index contributed by atoms with van der Waals surface area (Å²) < 4.78 is 31.1. The van der Waals surface area contributed by atoms with E-state index in [4.69, 9.17) is 25.8 Å². The van der Waals surface area contributed by atoms with Crippen molar-refractivity contribution in [3.63, 3.8) is 0 Å². The molecule has 0 aliphatic rings. The van der Waals surface area contributed by atoms with Crippen LogP contribution in [0.2, 0.25) is 5.02 Å². The van der Waals surface area contributed by atoms with Crippen molar-refractivity contribution in [2.24, 2.45) is 4.99 Å². The third-order valence-electron chi connectivity index (χ3n) is 4.15. The largest absolute Gasteiger partial charge is 0.493 e. The summed E-state index contributed by atoms with van der Waals surface area (Å²) in [4.78, 5) is 17.5. The number of carbonyl (C=O) groups is 1. The third kappa shape index (κ3) is 4.13. The third-order valence-corrected chi connectivity index (χ3v) is 5.38. The average molecular weight is 437 g/mol. The summed E-state index contributed by atoms with van der Waals surface area (Å²) in [5.41, 5.74) is 1.70. The van der Waals surface area contributed by atoms with E-state index >= 15 is 0 Å². The quantitative estimate of drug-likeness (QED) is 0.594. The van der Waals surface area contributed by atoms with Gasteiger partial charge in [0.1, 0.15) is 5.82 Å². The average Bonchev–Trinajstić information content (AvgIpc) is 3.08. The molecule has 29 heavy (non-hydrogen) atoms. The molecule has 0 atom stereocenters. The summed E-state index contributed by atoms with van der Waals surface area (Å²) >= 11 is 7.19. The molecule has 0 aliphatic heterocycles. The fourth-order valence-corrected chi connectivity index (χ4v) is 3.81. The Balaban J connectivity index is 2.10. The van der Waals surface area contributed by atoms with Crippen molar-refractivity contribution in [3.8, 4) is 22.9 Å². The summed E-state index contributed by atoms with van der Waals surface area (Å²) in [5.74, 6) is 0.0791. The Kier molecular flexibility index (Phi) is 6.24. The standard InChI is InChI=1S/C20H18ClFN2O4S/c1-11-10-29-20(24(11)13-5-6-15(22)14(21)9-13)23-19(25)12-7-16(26-2)18(28-4)17(8-12)27-3/h5-10H,1-4H3. The summed E-state index contributed by atoms with van der Waals surface area (Å²) in [6.45, 7) is 1.86. The number of rotatable bonds is 5. The molecule has 2 aromatic carbocycles. The lowest BCUT2D eigenvalue weighted by Crippen LogP contribution is -2.16. The number of hydrogen-bond donors (Lipinski definition) is 0. The number of methoxy groups -OCH3 is 3. The summed E-state index contributed by atoms with van der Waals surface area (Å²) in [5, 5.41) is 1.83. The van der Waals surface area contributed by atoms with Crippen molar-refractivity contribution in [1.82, 2.24) is 4.57 Å². The molecule has 3 rings (SSSR count). The Morgan fingerprint density at radius 1 is 1.10 bits per heavy atom. The van der Waals surface area contributed by atoms with E-state index in [-0.39, 0.29) is 10.6 Å². The SMILES string of the molecule is COc1cc(C(=O)N=c2scc(C)n2-c2ccc(F)c(Cl)c2)cc(OC)c1OC. The van der Waals surface area contributed by atoms with E-state index in [0.717, 1.165) is 5.69 Å². The Morgan fingerprint density at radius 2 is 1.76 bits per heavy atom. The van der Waals surface area contributed by atoms with Crippen LogP contribution in [0.1, 0.15) is 16.1 Å². The van der Waals surface area contributed by atoms with Gasteiger partial charge in [0, 0.05) is 22.3 Å². The van der Waals surface area contributed by atoms with Crippen molar-refractivity contribution in [2.75, 3.05) is 21.3 Å². The molecule has 0 unspecified atom stereocenters. The second-order valence-corrected chi connectivity index (χ2v) is 7.17. The van der Waals surface area contributed by atoms with Gasteiger partial charge in [-0.05, 0) is 37.3 Å². The maximum atomic E-state index is 13.5. The van der Waals surface area contributed by atoms with Gasteiger partial charge in [-0.3, -0.25) is 9.36 Å². The summed E-state index contributed by atoms with van der Waals surface area (Å²) in [6, 6.07) is 7.40. The molecule has 0 radical (unpaired) electrons. The lowest BCUT2D eigenvalue weighted by molar-refractivity contribution is 0.0997. The van der Waals surface area contributed by atoms with Gasteiger partial charge in [0.15, 0.2) is 16.3 Å². The topological polar surface area (TPSA) is 62.0 Å². The highest BCUT2D eigenvalue weighted by Gasteiger charge is 2.17. The van der Waals surface area contributed by atoms with Gasteiger partial charge in [0.2, 0.25) is 5.75 Å². The number of carbonyl (C=O) groups excluding carboxylic acids is 1. The van der Waals surface area contributed by atoms with E-state index in [9.17, 15) is 9.18 Å². The fourth-order valence-electron chi connectivity index (χ4n) is 2.76. The molecule has 0 bridgehead atoms. The number of ether oxygens (including phenoxy) is 3. The van der Waals surface area contributed by atoms with Crippen molar-refractivity contribution in [3.05, 3.63) is 62.6 Å². The van der Waals surface area contributed by atoms with Crippen LogP contribution in [-0.2, 0) is 0 Å². The monoisotopic (exact) mass is 436 g/mol. The number of thiazole rings is 1. The first-order valence-electron chi connectivity index (χ1n) is 8.41. The zero-order chi connectivity index (χ0) is 21.1. The van der Waals surface area contributed by atoms with E-state index in [2.05, 4.69) is 4.99 Å². The highest BCUT2D eigenvalue weighted by molar-refractivity contribution is 7.07. The predicted octanol–water partition coefficient (Wildman–Crippen LogP) is 4.41. The van der Waals surface area contributed by atoms with Crippen LogP contribution < -0.4 is 19.0 Å². The minimum absolute atomic E-state index is 0.0116. The highest BCUT2D eigenvalue weighted by Crippen LogP contribution is 2.38. The highest BCUT2D eigenvalue weighted by atomic mass is 35.5. The Hall–Kier alpha value is -2.84. The molecule has 6 nitrogen and oxygen atoms in total. The van der Waals surface area contributed by atoms with Gasteiger partial charge in [-0.1, -0.05) is 11.6 Å². The number of halogens is 2. The summed E-state index contributed by atoms with van der Waals surface area (Å²) in [6.07, 6.45) is 0. The van der Waals surface area contributed by atoms with Crippen molar-refractivity contribution in [1.29, 1.82) is 0 Å². The Labute approximate surface area is 175 Å². The lowest BCUT2D eigenvalue weighted by Gasteiger charge is -2.13. The van der Waals surface area contributed by atoms with Crippen LogP contribution in [0, 0.1) is 12.7 Å². The van der Waals surface area contributed by atoms with Gasteiger partial charge in [-0.15, -0.1) is 11.3 Å². The smallest absolute Gasteiger partial charge is 0.279 e. The zero-order valence-electron chi connectivity index (χ0n) is 16.2. The number of hydrogen-bond acceptors (Lipinski definition) is 5. The zero-order valence-corrected chi connectivity index (χ0v) is 17.7. The van der Waals surface area contributed by atoms with Crippen molar-refractivity contribution >= 4 is 28.8 Å². The van der Waals surface area contributed by atoms with Gasteiger partial charge in [-0.25, -0.2) is 4.39 Å². The Morgan fingerprint density at radius 3 is 2.31 bits per heavy atom. The van der Waals surface area contributed by atoms with E-state index in [1.54, 1.807) is 10.6 Å². The molecule has 9 heteroatoms. The van der Waals surface area contributed by atoms with Gasteiger partial charge < -0.3 is 14.2 Å². The molecule has 152 valence electrons. The van der Waals surface area contributed by atoms with E-state index in [1.165, 1.54) is 56.9 Å². The molecular weight excluding hydrogens is 419 g/mol. The molecule has 1 heterocycles. The van der Waals surface area contributed by atoms with E-state index < -0.39 is 11.7 Å². The van der Waals surface area contributed by atoms with Crippen LogP contribution in [0.15, 0.2) is 40.7 Å². The van der Waals surface area contributed by atoms with E-state index in [1.807, 2.05) is 12.3 Å². The van der Waals surface area contributed by atoms with Gasteiger partial charge in [-0.2, -0.15) is 4.99 Å². The van der Waals surface area contributed by atoms with Crippen molar-refractivity contribution in [2.45, 2.75) is 6.92 Å². The molecule has 1 aromatic heterocycles. The van der Waals surface area contributed by atoms with Crippen molar-refractivity contribution < 1.29 is 23.4 Å².